The second-order valence-corrected chi connectivity index (χ2v) is 4.64. The molecule has 76 valence electrons. The maximum atomic E-state index is 5.32. The normalized spacial score (nSPS) is 24.5. The molecule has 0 heterocycles. The first-order valence-electron chi connectivity index (χ1n) is 4.62. The predicted octanol–water partition coefficient (Wildman–Crippen LogP) is 2.95. The topological polar surface area (TPSA) is 18.5 Å². The van der Waals surface area contributed by atoms with Gasteiger partial charge in [-0.2, -0.15) is 0 Å². The van der Waals surface area contributed by atoms with Crippen LogP contribution in [0.3, 0.4) is 0 Å². The molecule has 1 aliphatic carbocycles. The van der Waals surface area contributed by atoms with Crippen molar-refractivity contribution >= 4 is 15.9 Å². The fourth-order valence-corrected chi connectivity index (χ4v) is 2.30. The molecular weight excluding hydrogens is 244 g/mol. The van der Waals surface area contributed by atoms with Gasteiger partial charge in [-0.15, -0.1) is 0 Å². The van der Waals surface area contributed by atoms with Crippen molar-refractivity contribution in [3.63, 3.8) is 0 Å². The van der Waals surface area contributed by atoms with Crippen molar-refractivity contribution < 1.29 is 9.47 Å². The summed E-state index contributed by atoms with van der Waals surface area (Å²) in [6, 6.07) is 5.95. The van der Waals surface area contributed by atoms with Gasteiger partial charge in [0.25, 0.3) is 0 Å². The number of ether oxygens (including phenoxy) is 2. The van der Waals surface area contributed by atoms with Crippen LogP contribution in [0.1, 0.15) is 17.9 Å². The van der Waals surface area contributed by atoms with Gasteiger partial charge in [0.1, 0.15) is 11.5 Å². The van der Waals surface area contributed by atoms with E-state index in [1.165, 1.54) is 12.0 Å². The largest absolute Gasteiger partial charge is 0.497 e. The Morgan fingerprint density at radius 2 is 2.00 bits per heavy atom. The molecule has 2 nitrogen and oxygen atoms in total. The standard InChI is InChI=1S/C11H13BrO2/c1-13-7-3-4-11(14-2)9(5-7)8-6-10(8)12/h3-5,8,10H,6H2,1-2H3/t8-,10+/m0/s1. The zero-order valence-corrected chi connectivity index (χ0v) is 9.87. The first kappa shape index (κ1) is 9.84. The molecule has 2 atom stereocenters. The zero-order valence-electron chi connectivity index (χ0n) is 8.29. The average Bonchev–Trinajstić information content (AvgIpc) is 2.94. The van der Waals surface area contributed by atoms with E-state index in [1.807, 2.05) is 12.1 Å². The molecule has 0 spiro atoms. The minimum absolute atomic E-state index is 0.583. The van der Waals surface area contributed by atoms with Crippen molar-refractivity contribution in [2.24, 2.45) is 0 Å². The number of alkyl halides is 1. The van der Waals surface area contributed by atoms with Gasteiger partial charge in [0.2, 0.25) is 0 Å². The van der Waals surface area contributed by atoms with E-state index >= 15 is 0 Å². The van der Waals surface area contributed by atoms with Crippen LogP contribution in [-0.4, -0.2) is 19.0 Å². The van der Waals surface area contributed by atoms with Gasteiger partial charge < -0.3 is 9.47 Å². The molecule has 0 N–H and O–H groups in total. The van der Waals surface area contributed by atoms with E-state index in [2.05, 4.69) is 22.0 Å². The third-order valence-corrected chi connectivity index (χ3v) is 3.56. The molecule has 0 saturated heterocycles. The van der Waals surface area contributed by atoms with Gasteiger partial charge in [-0.25, -0.2) is 0 Å². The molecular formula is C11H13BrO2. The van der Waals surface area contributed by atoms with Crippen LogP contribution in [0.2, 0.25) is 0 Å². The Morgan fingerprint density at radius 3 is 2.50 bits per heavy atom. The molecule has 3 heteroatoms. The average molecular weight is 257 g/mol. The molecule has 0 aliphatic heterocycles. The molecule has 14 heavy (non-hydrogen) atoms. The Morgan fingerprint density at radius 1 is 1.29 bits per heavy atom. The van der Waals surface area contributed by atoms with Gasteiger partial charge in [-0.05, 0) is 24.6 Å². The van der Waals surface area contributed by atoms with Crippen molar-refractivity contribution in [2.45, 2.75) is 17.2 Å². The van der Waals surface area contributed by atoms with Crippen molar-refractivity contribution in [1.82, 2.24) is 0 Å². The van der Waals surface area contributed by atoms with E-state index in [4.69, 9.17) is 9.47 Å². The molecule has 1 saturated carbocycles. The summed E-state index contributed by atoms with van der Waals surface area (Å²) in [6.07, 6.45) is 1.18. The lowest BCUT2D eigenvalue weighted by molar-refractivity contribution is 0.399. The van der Waals surface area contributed by atoms with Gasteiger partial charge >= 0.3 is 0 Å². The number of halogens is 1. The summed E-state index contributed by atoms with van der Waals surface area (Å²) in [6.45, 7) is 0. The third kappa shape index (κ3) is 1.73. The highest BCUT2D eigenvalue weighted by atomic mass is 79.9. The molecule has 0 aromatic heterocycles. The van der Waals surface area contributed by atoms with E-state index in [-0.39, 0.29) is 0 Å². The maximum absolute atomic E-state index is 5.32. The van der Waals surface area contributed by atoms with Crippen LogP contribution in [0.15, 0.2) is 18.2 Å². The van der Waals surface area contributed by atoms with E-state index in [1.54, 1.807) is 14.2 Å². The van der Waals surface area contributed by atoms with Crippen LogP contribution in [-0.2, 0) is 0 Å². The lowest BCUT2D eigenvalue weighted by atomic mass is 10.1. The lowest BCUT2D eigenvalue weighted by Crippen LogP contribution is -1.92. The summed E-state index contributed by atoms with van der Waals surface area (Å²) in [5, 5.41) is 0. The quantitative estimate of drug-likeness (QED) is 0.775. The fraction of sp³-hybridized carbons (Fsp3) is 0.455. The van der Waals surface area contributed by atoms with Crippen molar-refractivity contribution in [2.75, 3.05) is 14.2 Å². The summed E-state index contributed by atoms with van der Waals surface area (Å²) in [5.74, 6) is 2.44. The smallest absolute Gasteiger partial charge is 0.122 e. The second-order valence-electron chi connectivity index (χ2n) is 3.47. The molecule has 0 radical (unpaired) electrons. The number of methoxy groups -OCH3 is 2. The Balaban J connectivity index is 2.33. The summed E-state index contributed by atoms with van der Waals surface area (Å²) in [7, 11) is 3.39. The van der Waals surface area contributed by atoms with E-state index in [9.17, 15) is 0 Å². The van der Waals surface area contributed by atoms with Crippen molar-refractivity contribution in [3.05, 3.63) is 23.8 Å². The summed E-state index contributed by atoms with van der Waals surface area (Å²) in [5.41, 5.74) is 1.24. The third-order valence-electron chi connectivity index (χ3n) is 2.55. The lowest BCUT2D eigenvalue weighted by Gasteiger charge is -2.09. The van der Waals surface area contributed by atoms with E-state index in [0.717, 1.165) is 11.5 Å². The van der Waals surface area contributed by atoms with Crippen molar-refractivity contribution in [3.8, 4) is 11.5 Å². The minimum atomic E-state index is 0.583. The number of hydrogen-bond donors (Lipinski definition) is 0. The highest BCUT2D eigenvalue weighted by Crippen LogP contribution is 2.50. The summed E-state index contributed by atoms with van der Waals surface area (Å²) >= 11 is 3.60. The van der Waals surface area contributed by atoms with Crippen LogP contribution < -0.4 is 9.47 Å². The van der Waals surface area contributed by atoms with Gasteiger partial charge in [-0.3, -0.25) is 0 Å². The highest BCUT2D eigenvalue weighted by Gasteiger charge is 2.38. The molecule has 2 rings (SSSR count). The second kappa shape index (κ2) is 3.81. The first-order chi connectivity index (χ1) is 6.76. The molecule has 0 bridgehead atoms. The summed E-state index contributed by atoms with van der Waals surface area (Å²) < 4.78 is 10.5. The highest BCUT2D eigenvalue weighted by molar-refractivity contribution is 9.09. The molecule has 1 aromatic carbocycles. The molecule has 0 amide bonds. The van der Waals surface area contributed by atoms with Gasteiger partial charge in [0.15, 0.2) is 0 Å². The van der Waals surface area contributed by atoms with Crippen LogP contribution >= 0.6 is 15.9 Å². The Labute approximate surface area is 92.3 Å². The van der Waals surface area contributed by atoms with Gasteiger partial charge in [-0.1, -0.05) is 15.9 Å². The number of benzene rings is 1. The van der Waals surface area contributed by atoms with Crippen molar-refractivity contribution in [1.29, 1.82) is 0 Å². The zero-order chi connectivity index (χ0) is 10.1. The first-order valence-corrected chi connectivity index (χ1v) is 5.54. The van der Waals surface area contributed by atoms with E-state index in [0.29, 0.717) is 10.7 Å². The SMILES string of the molecule is COc1ccc(OC)c([C@@H]2C[C@H]2Br)c1. The fourth-order valence-electron chi connectivity index (χ4n) is 1.61. The van der Waals surface area contributed by atoms with Crippen LogP contribution in [0.5, 0.6) is 11.5 Å². The Bertz CT molecular complexity index is 338. The van der Waals surface area contributed by atoms with Gasteiger partial charge in [0.05, 0.1) is 14.2 Å². The number of rotatable bonds is 3. The monoisotopic (exact) mass is 256 g/mol. The molecule has 1 fully saturated rings. The number of hydrogen-bond acceptors (Lipinski definition) is 2. The molecule has 1 aliphatic rings. The Kier molecular flexibility index (Phi) is 2.68. The summed E-state index contributed by atoms with van der Waals surface area (Å²) in [4.78, 5) is 0.600. The molecule has 1 aromatic rings. The Hall–Kier alpha value is -0.700. The van der Waals surface area contributed by atoms with Crippen LogP contribution in [0.4, 0.5) is 0 Å². The van der Waals surface area contributed by atoms with Crippen LogP contribution in [0.25, 0.3) is 0 Å². The molecule has 0 unspecified atom stereocenters. The predicted molar refractivity (Wildman–Crippen MR) is 59.6 cm³/mol. The maximum Gasteiger partial charge on any atom is 0.122 e. The van der Waals surface area contributed by atoms with Crippen LogP contribution in [0, 0.1) is 0 Å². The minimum Gasteiger partial charge on any atom is -0.497 e. The van der Waals surface area contributed by atoms with Gasteiger partial charge in [0, 0.05) is 16.3 Å². The van der Waals surface area contributed by atoms with E-state index < -0.39 is 0 Å².